The fourth-order valence-corrected chi connectivity index (χ4v) is 4.52. The average molecular weight is 347 g/mol. The van der Waals surface area contributed by atoms with Gasteiger partial charge in [-0.2, -0.15) is 4.31 Å². The quantitative estimate of drug-likeness (QED) is 0.837. The minimum absolute atomic E-state index is 0.198. The molecule has 19 heavy (non-hydrogen) atoms. The molecule has 0 aliphatic carbocycles. The Kier molecular flexibility index (Phi) is 4.23. The van der Waals surface area contributed by atoms with Gasteiger partial charge in [-0.1, -0.05) is 29.8 Å². The maximum atomic E-state index is 12.6. The predicted molar refractivity (Wildman–Crippen MR) is 80.3 cm³/mol. The molecule has 0 bridgehead atoms. The highest BCUT2D eigenvalue weighted by atomic mass is 79.9. The monoisotopic (exact) mass is 346 g/mol. The second-order valence-electron chi connectivity index (χ2n) is 5.29. The molecule has 2 rings (SSSR count). The molecule has 1 aliphatic rings. The van der Waals surface area contributed by atoms with Gasteiger partial charge in [0.25, 0.3) is 0 Å². The number of hydrogen-bond acceptors (Lipinski definition) is 3. The standard InChI is InChI=1S/C13H19BrN2O2S/c1-9-5-6-16(8-10(9)2)19(17,18)13-7-11(14)3-4-12(13)15/h3-4,7,9-10H,5-6,8,15H2,1-2H3. The van der Waals surface area contributed by atoms with Crippen molar-refractivity contribution in [2.75, 3.05) is 18.8 Å². The molecule has 1 fully saturated rings. The Balaban J connectivity index is 2.35. The zero-order chi connectivity index (χ0) is 14.2. The minimum atomic E-state index is -3.49. The summed E-state index contributed by atoms with van der Waals surface area (Å²) in [6, 6.07) is 4.94. The van der Waals surface area contributed by atoms with Crippen molar-refractivity contribution in [2.45, 2.75) is 25.2 Å². The highest BCUT2D eigenvalue weighted by Gasteiger charge is 2.32. The average Bonchev–Trinajstić information content (AvgIpc) is 2.35. The predicted octanol–water partition coefficient (Wildman–Crippen LogP) is 2.70. The van der Waals surface area contributed by atoms with Gasteiger partial charge in [-0.05, 0) is 36.5 Å². The summed E-state index contributed by atoms with van der Waals surface area (Å²) in [7, 11) is -3.49. The number of rotatable bonds is 2. The number of nitrogens with two attached hydrogens (primary N) is 1. The smallest absolute Gasteiger partial charge is 0.245 e. The van der Waals surface area contributed by atoms with Gasteiger partial charge in [-0.15, -0.1) is 0 Å². The van der Waals surface area contributed by atoms with E-state index < -0.39 is 10.0 Å². The van der Waals surface area contributed by atoms with Gasteiger partial charge in [0, 0.05) is 17.6 Å². The molecule has 0 radical (unpaired) electrons. The van der Waals surface area contributed by atoms with E-state index in [9.17, 15) is 8.42 Å². The lowest BCUT2D eigenvalue weighted by molar-refractivity contribution is 0.212. The number of anilines is 1. The zero-order valence-electron chi connectivity index (χ0n) is 11.1. The van der Waals surface area contributed by atoms with Crippen LogP contribution in [0.15, 0.2) is 27.6 Å². The van der Waals surface area contributed by atoms with E-state index in [4.69, 9.17) is 5.73 Å². The summed E-state index contributed by atoms with van der Waals surface area (Å²) >= 11 is 3.30. The number of halogens is 1. The Morgan fingerprint density at radius 2 is 2.00 bits per heavy atom. The maximum Gasteiger partial charge on any atom is 0.245 e. The van der Waals surface area contributed by atoms with Crippen LogP contribution in [0, 0.1) is 11.8 Å². The van der Waals surface area contributed by atoms with Crippen LogP contribution in [0.25, 0.3) is 0 Å². The first-order valence-electron chi connectivity index (χ1n) is 6.37. The normalized spacial score (nSPS) is 25.4. The summed E-state index contributed by atoms with van der Waals surface area (Å²) in [4.78, 5) is 0.198. The Hall–Kier alpha value is -0.590. The highest BCUT2D eigenvalue weighted by Crippen LogP contribution is 2.30. The van der Waals surface area contributed by atoms with Crippen LogP contribution in [0.3, 0.4) is 0 Å². The number of benzene rings is 1. The molecule has 0 amide bonds. The van der Waals surface area contributed by atoms with Gasteiger partial charge in [0.05, 0.1) is 5.69 Å². The second-order valence-corrected chi connectivity index (χ2v) is 8.11. The zero-order valence-corrected chi connectivity index (χ0v) is 13.5. The molecule has 0 spiro atoms. The van der Waals surface area contributed by atoms with Crippen molar-refractivity contribution in [3.63, 3.8) is 0 Å². The second kappa shape index (κ2) is 5.42. The Morgan fingerprint density at radius 1 is 1.32 bits per heavy atom. The third kappa shape index (κ3) is 2.95. The molecule has 1 aliphatic heterocycles. The maximum absolute atomic E-state index is 12.6. The van der Waals surface area contributed by atoms with Crippen molar-refractivity contribution in [3.8, 4) is 0 Å². The number of sulfonamides is 1. The van der Waals surface area contributed by atoms with Crippen molar-refractivity contribution in [3.05, 3.63) is 22.7 Å². The van der Waals surface area contributed by atoms with Gasteiger partial charge >= 0.3 is 0 Å². The first-order valence-corrected chi connectivity index (χ1v) is 8.61. The highest BCUT2D eigenvalue weighted by molar-refractivity contribution is 9.10. The fourth-order valence-electron chi connectivity index (χ4n) is 2.31. The number of nitrogens with zero attached hydrogens (tertiary/aromatic N) is 1. The lowest BCUT2D eigenvalue weighted by atomic mass is 9.90. The van der Waals surface area contributed by atoms with Crippen molar-refractivity contribution >= 4 is 31.6 Å². The van der Waals surface area contributed by atoms with E-state index in [-0.39, 0.29) is 4.90 Å². The van der Waals surface area contributed by atoms with E-state index in [2.05, 4.69) is 29.8 Å². The summed E-state index contributed by atoms with van der Waals surface area (Å²) in [5.74, 6) is 0.934. The van der Waals surface area contributed by atoms with Crippen LogP contribution in [-0.4, -0.2) is 25.8 Å². The largest absolute Gasteiger partial charge is 0.398 e. The van der Waals surface area contributed by atoms with Crippen molar-refractivity contribution in [1.82, 2.24) is 4.31 Å². The van der Waals surface area contributed by atoms with Crippen LogP contribution < -0.4 is 5.73 Å². The number of nitrogen functional groups attached to an aromatic ring is 1. The molecule has 0 aromatic heterocycles. The van der Waals surface area contributed by atoms with Crippen LogP contribution in [0.1, 0.15) is 20.3 Å². The van der Waals surface area contributed by atoms with Crippen molar-refractivity contribution in [1.29, 1.82) is 0 Å². The molecule has 1 aromatic carbocycles. The molecule has 2 N–H and O–H groups in total. The molecular formula is C13H19BrN2O2S. The Labute approximate surface area is 123 Å². The fraction of sp³-hybridized carbons (Fsp3) is 0.538. The molecular weight excluding hydrogens is 328 g/mol. The van der Waals surface area contributed by atoms with Crippen LogP contribution in [-0.2, 0) is 10.0 Å². The molecule has 1 saturated heterocycles. The van der Waals surface area contributed by atoms with E-state index >= 15 is 0 Å². The van der Waals surface area contributed by atoms with Gasteiger partial charge in [0.2, 0.25) is 10.0 Å². The van der Waals surface area contributed by atoms with E-state index in [1.807, 2.05) is 0 Å². The van der Waals surface area contributed by atoms with Gasteiger partial charge < -0.3 is 5.73 Å². The van der Waals surface area contributed by atoms with E-state index in [1.165, 1.54) is 0 Å². The molecule has 1 aromatic rings. The van der Waals surface area contributed by atoms with Gasteiger partial charge in [-0.3, -0.25) is 0 Å². The topological polar surface area (TPSA) is 63.4 Å². The summed E-state index contributed by atoms with van der Waals surface area (Å²) in [5, 5.41) is 0. The molecule has 1 heterocycles. The summed E-state index contributed by atoms with van der Waals surface area (Å²) in [6.07, 6.45) is 0.897. The molecule has 2 atom stereocenters. The van der Waals surface area contributed by atoms with Crippen LogP contribution in [0.4, 0.5) is 5.69 Å². The lowest BCUT2D eigenvalue weighted by Crippen LogP contribution is -2.42. The third-order valence-corrected chi connectivity index (χ3v) is 6.30. The van der Waals surface area contributed by atoms with E-state index in [1.54, 1.807) is 22.5 Å². The van der Waals surface area contributed by atoms with Crippen molar-refractivity contribution in [2.24, 2.45) is 11.8 Å². The lowest BCUT2D eigenvalue weighted by Gasteiger charge is -2.34. The van der Waals surface area contributed by atoms with E-state index in [0.717, 1.165) is 10.9 Å². The SMILES string of the molecule is CC1CCN(S(=O)(=O)c2cc(Br)ccc2N)CC1C. The van der Waals surface area contributed by atoms with Crippen LogP contribution >= 0.6 is 15.9 Å². The Bertz CT molecular complexity index is 574. The van der Waals surface area contributed by atoms with Crippen LogP contribution in [0.2, 0.25) is 0 Å². The summed E-state index contributed by atoms with van der Waals surface area (Å²) in [5.41, 5.74) is 6.12. The van der Waals surface area contributed by atoms with Gasteiger partial charge in [0.15, 0.2) is 0 Å². The summed E-state index contributed by atoms with van der Waals surface area (Å²) in [6.45, 7) is 5.40. The molecule has 106 valence electrons. The summed E-state index contributed by atoms with van der Waals surface area (Å²) < 4.78 is 27.5. The van der Waals surface area contributed by atoms with Crippen molar-refractivity contribution < 1.29 is 8.42 Å². The minimum Gasteiger partial charge on any atom is -0.398 e. The van der Waals surface area contributed by atoms with E-state index in [0.29, 0.717) is 30.6 Å². The molecule has 2 unspecified atom stereocenters. The third-order valence-electron chi connectivity index (χ3n) is 3.89. The first-order chi connectivity index (χ1) is 8.82. The molecule has 4 nitrogen and oxygen atoms in total. The van der Waals surface area contributed by atoms with Gasteiger partial charge in [0.1, 0.15) is 4.90 Å². The van der Waals surface area contributed by atoms with Gasteiger partial charge in [-0.25, -0.2) is 8.42 Å². The first kappa shape index (κ1) is 14.8. The number of hydrogen-bond donors (Lipinski definition) is 1. The van der Waals surface area contributed by atoms with Crippen LogP contribution in [0.5, 0.6) is 0 Å². The molecule has 6 heteroatoms. The Morgan fingerprint density at radius 3 is 2.63 bits per heavy atom. The molecule has 0 saturated carbocycles. The number of piperidine rings is 1.